The zero-order valence-corrected chi connectivity index (χ0v) is 14.0. The Hall–Kier alpha value is -1.59. The van der Waals surface area contributed by atoms with Gasteiger partial charge < -0.3 is 14.8 Å². The Balaban J connectivity index is 1.41. The topological polar surface area (TPSA) is 50.8 Å². The number of ether oxygens (including phenoxy) is 2. The number of nitrogens with zero attached hydrogens (tertiary/aromatic N) is 1. The van der Waals surface area contributed by atoms with Crippen molar-refractivity contribution in [2.24, 2.45) is 0 Å². The predicted molar refractivity (Wildman–Crippen MR) is 89.0 cm³/mol. The Morgan fingerprint density at radius 1 is 1.30 bits per heavy atom. The van der Waals surface area contributed by atoms with Crippen LogP contribution >= 0.6 is 0 Å². The fourth-order valence-electron chi connectivity index (χ4n) is 3.40. The first-order valence-corrected chi connectivity index (χ1v) is 8.53. The van der Waals surface area contributed by atoms with E-state index in [-0.39, 0.29) is 5.91 Å². The SMILES string of the molecule is CC1CN(CCCNC(=O)c2ccc3c(c2)CCO3)CC(C)O1. The number of rotatable bonds is 5. The third kappa shape index (κ3) is 4.24. The summed E-state index contributed by atoms with van der Waals surface area (Å²) in [5.41, 5.74) is 1.86. The lowest BCUT2D eigenvalue weighted by Gasteiger charge is -2.35. The van der Waals surface area contributed by atoms with Gasteiger partial charge in [-0.05, 0) is 44.0 Å². The number of hydrogen-bond acceptors (Lipinski definition) is 4. The van der Waals surface area contributed by atoms with Gasteiger partial charge in [0.15, 0.2) is 0 Å². The molecule has 1 N–H and O–H groups in total. The highest BCUT2D eigenvalue weighted by atomic mass is 16.5. The summed E-state index contributed by atoms with van der Waals surface area (Å²) >= 11 is 0. The highest BCUT2D eigenvalue weighted by molar-refractivity contribution is 5.94. The van der Waals surface area contributed by atoms with Gasteiger partial charge >= 0.3 is 0 Å². The number of carbonyl (C=O) groups excluding carboxylic acids is 1. The summed E-state index contributed by atoms with van der Waals surface area (Å²) in [7, 11) is 0. The van der Waals surface area contributed by atoms with E-state index in [0.717, 1.165) is 56.0 Å². The van der Waals surface area contributed by atoms with Crippen LogP contribution in [0.4, 0.5) is 0 Å². The van der Waals surface area contributed by atoms with E-state index in [2.05, 4.69) is 24.1 Å². The third-order valence-electron chi connectivity index (χ3n) is 4.38. The van der Waals surface area contributed by atoms with Crippen LogP contribution in [0.5, 0.6) is 5.75 Å². The Morgan fingerprint density at radius 2 is 2.09 bits per heavy atom. The first kappa shape index (κ1) is 16.3. The van der Waals surface area contributed by atoms with E-state index >= 15 is 0 Å². The lowest BCUT2D eigenvalue weighted by molar-refractivity contribution is -0.0679. The Morgan fingerprint density at radius 3 is 2.87 bits per heavy atom. The van der Waals surface area contributed by atoms with Crippen LogP contribution in [-0.2, 0) is 11.2 Å². The van der Waals surface area contributed by atoms with Gasteiger partial charge in [0.05, 0.1) is 18.8 Å². The highest BCUT2D eigenvalue weighted by Gasteiger charge is 2.21. The molecule has 1 aromatic rings. The molecule has 2 atom stereocenters. The molecule has 0 bridgehead atoms. The van der Waals surface area contributed by atoms with Crippen molar-refractivity contribution in [2.75, 3.05) is 32.8 Å². The second-order valence-corrected chi connectivity index (χ2v) is 6.55. The molecule has 5 nitrogen and oxygen atoms in total. The summed E-state index contributed by atoms with van der Waals surface area (Å²) in [5, 5.41) is 3.01. The van der Waals surface area contributed by atoms with Crippen molar-refractivity contribution in [3.8, 4) is 5.75 Å². The number of nitrogens with one attached hydrogen (secondary N) is 1. The van der Waals surface area contributed by atoms with Crippen molar-refractivity contribution in [3.63, 3.8) is 0 Å². The first-order chi connectivity index (χ1) is 11.1. The van der Waals surface area contributed by atoms with Gasteiger partial charge in [0.2, 0.25) is 0 Å². The van der Waals surface area contributed by atoms with Crippen molar-refractivity contribution in [3.05, 3.63) is 29.3 Å². The van der Waals surface area contributed by atoms with E-state index in [1.165, 1.54) is 0 Å². The van der Waals surface area contributed by atoms with E-state index in [0.29, 0.717) is 18.8 Å². The summed E-state index contributed by atoms with van der Waals surface area (Å²) in [5.74, 6) is 0.917. The van der Waals surface area contributed by atoms with Crippen LogP contribution in [0.2, 0.25) is 0 Å². The summed E-state index contributed by atoms with van der Waals surface area (Å²) in [6.07, 6.45) is 2.44. The van der Waals surface area contributed by atoms with Crippen LogP contribution in [0.25, 0.3) is 0 Å². The molecule has 2 heterocycles. The smallest absolute Gasteiger partial charge is 0.251 e. The number of benzene rings is 1. The predicted octanol–water partition coefficient (Wildman–Crippen LogP) is 1.85. The average Bonchev–Trinajstić information content (AvgIpc) is 2.98. The minimum atomic E-state index is 0.00316. The molecule has 0 aliphatic carbocycles. The lowest BCUT2D eigenvalue weighted by atomic mass is 10.1. The van der Waals surface area contributed by atoms with Crippen LogP contribution in [0.15, 0.2) is 18.2 Å². The minimum Gasteiger partial charge on any atom is -0.493 e. The van der Waals surface area contributed by atoms with E-state index in [9.17, 15) is 4.79 Å². The first-order valence-electron chi connectivity index (χ1n) is 8.53. The van der Waals surface area contributed by atoms with Crippen molar-refractivity contribution in [1.82, 2.24) is 10.2 Å². The highest BCUT2D eigenvalue weighted by Crippen LogP contribution is 2.25. The molecular formula is C18H26N2O3. The van der Waals surface area contributed by atoms with E-state index < -0.39 is 0 Å². The van der Waals surface area contributed by atoms with Crippen molar-refractivity contribution in [1.29, 1.82) is 0 Å². The van der Waals surface area contributed by atoms with Gasteiger partial charge in [-0.25, -0.2) is 0 Å². The lowest BCUT2D eigenvalue weighted by Crippen LogP contribution is -2.46. The standard InChI is InChI=1S/C18H26N2O3/c1-13-11-20(12-14(2)23-13)8-3-7-19-18(21)16-4-5-17-15(10-16)6-9-22-17/h4-5,10,13-14H,3,6-9,11-12H2,1-2H3,(H,19,21). The second-order valence-electron chi connectivity index (χ2n) is 6.55. The Labute approximate surface area is 137 Å². The molecule has 0 saturated carbocycles. The van der Waals surface area contributed by atoms with Gasteiger partial charge in [-0.1, -0.05) is 0 Å². The maximum atomic E-state index is 12.2. The van der Waals surface area contributed by atoms with Crippen LogP contribution in [0.3, 0.4) is 0 Å². The van der Waals surface area contributed by atoms with Crippen LogP contribution < -0.4 is 10.1 Å². The molecule has 0 aromatic heterocycles. The summed E-state index contributed by atoms with van der Waals surface area (Å²) < 4.78 is 11.2. The molecule has 1 aromatic carbocycles. The zero-order chi connectivity index (χ0) is 16.2. The molecule has 0 radical (unpaired) electrons. The van der Waals surface area contributed by atoms with E-state index in [1.54, 1.807) is 0 Å². The summed E-state index contributed by atoms with van der Waals surface area (Å²) in [6.45, 7) is 8.59. The number of morpholine rings is 1. The monoisotopic (exact) mass is 318 g/mol. The number of hydrogen-bond donors (Lipinski definition) is 1. The largest absolute Gasteiger partial charge is 0.493 e. The summed E-state index contributed by atoms with van der Waals surface area (Å²) in [4.78, 5) is 14.6. The molecule has 126 valence electrons. The third-order valence-corrected chi connectivity index (χ3v) is 4.38. The molecule has 2 aliphatic heterocycles. The fourth-order valence-corrected chi connectivity index (χ4v) is 3.40. The second kappa shape index (κ2) is 7.32. The molecule has 1 amide bonds. The molecule has 2 unspecified atom stereocenters. The molecule has 23 heavy (non-hydrogen) atoms. The van der Waals surface area contributed by atoms with Crippen molar-refractivity contribution >= 4 is 5.91 Å². The Kier molecular flexibility index (Phi) is 5.18. The van der Waals surface area contributed by atoms with Gasteiger partial charge in [0, 0.05) is 38.2 Å². The molecule has 1 saturated heterocycles. The molecule has 0 spiro atoms. The molecule has 1 fully saturated rings. The molecule has 3 rings (SSSR count). The minimum absolute atomic E-state index is 0.00316. The number of fused-ring (bicyclic) bond motifs is 1. The number of carbonyl (C=O) groups is 1. The Bertz CT molecular complexity index is 551. The molecule has 2 aliphatic rings. The number of amides is 1. The van der Waals surface area contributed by atoms with E-state index in [1.807, 2.05) is 18.2 Å². The summed E-state index contributed by atoms with van der Waals surface area (Å²) in [6, 6.07) is 5.68. The quantitative estimate of drug-likeness (QED) is 0.842. The molecular weight excluding hydrogens is 292 g/mol. The van der Waals surface area contributed by atoms with Gasteiger partial charge in [-0.2, -0.15) is 0 Å². The van der Waals surface area contributed by atoms with Gasteiger partial charge in [-0.15, -0.1) is 0 Å². The van der Waals surface area contributed by atoms with Crippen LogP contribution in [0.1, 0.15) is 36.2 Å². The zero-order valence-electron chi connectivity index (χ0n) is 14.0. The molecule has 5 heteroatoms. The van der Waals surface area contributed by atoms with E-state index in [4.69, 9.17) is 9.47 Å². The van der Waals surface area contributed by atoms with Crippen LogP contribution in [0, 0.1) is 0 Å². The van der Waals surface area contributed by atoms with Gasteiger partial charge in [0.25, 0.3) is 5.91 Å². The van der Waals surface area contributed by atoms with Crippen LogP contribution in [-0.4, -0.2) is 55.8 Å². The maximum absolute atomic E-state index is 12.2. The average molecular weight is 318 g/mol. The van der Waals surface area contributed by atoms with Crippen molar-refractivity contribution in [2.45, 2.75) is 38.9 Å². The van der Waals surface area contributed by atoms with Gasteiger partial charge in [0.1, 0.15) is 5.75 Å². The normalized spacial score (nSPS) is 24.1. The fraction of sp³-hybridized carbons (Fsp3) is 0.611. The van der Waals surface area contributed by atoms with Gasteiger partial charge in [-0.3, -0.25) is 9.69 Å². The maximum Gasteiger partial charge on any atom is 0.251 e. The van der Waals surface area contributed by atoms with Crippen molar-refractivity contribution < 1.29 is 14.3 Å².